The molecule has 19 heavy (non-hydrogen) atoms. The zero-order valence-electron chi connectivity index (χ0n) is 10.3. The summed E-state index contributed by atoms with van der Waals surface area (Å²) in [6.45, 7) is 0. The van der Waals surface area contributed by atoms with Crippen LogP contribution >= 0.6 is 0 Å². The van der Waals surface area contributed by atoms with Gasteiger partial charge in [-0.15, -0.1) is 0 Å². The second kappa shape index (κ2) is 3.19. The van der Waals surface area contributed by atoms with Crippen molar-refractivity contribution in [3.05, 3.63) is 30.3 Å². The number of carbonyl (C=O) groups is 1. The molecule has 4 nitrogen and oxygen atoms in total. The average molecular weight is 257 g/mol. The fraction of sp³-hybridized carbons (Fsp3) is 0.533. The zero-order chi connectivity index (χ0) is 12.7. The highest BCUT2D eigenvalue weighted by atomic mass is 16.5. The molecule has 4 aliphatic rings. The Morgan fingerprint density at radius 2 is 2.00 bits per heavy atom. The highest BCUT2D eigenvalue weighted by molar-refractivity contribution is 5.99. The summed E-state index contributed by atoms with van der Waals surface area (Å²) < 4.78 is 6.03. The first-order valence-corrected chi connectivity index (χ1v) is 6.99. The number of rotatable bonds is 1. The summed E-state index contributed by atoms with van der Waals surface area (Å²) in [5, 5.41) is 10.2. The molecule has 4 heteroatoms. The van der Waals surface area contributed by atoms with E-state index < -0.39 is 6.10 Å². The highest BCUT2D eigenvalue weighted by Gasteiger charge is 2.72. The fourth-order valence-electron chi connectivity index (χ4n) is 4.92. The molecular formula is C15H15NO3. The van der Waals surface area contributed by atoms with E-state index in [9.17, 15) is 9.90 Å². The molecule has 4 fully saturated rings. The maximum absolute atomic E-state index is 12.7. The minimum Gasteiger partial charge on any atom is -0.390 e. The van der Waals surface area contributed by atoms with Gasteiger partial charge in [0, 0.05) is 11.6 Å². The van der Waals surface area contributed by atoms with Gasteiger partial charge in [0.05, 0.1) is 18.1 Å². The molecule has 0 radical (unpaired) electrons. The molecule has 1 N–H and O–H groups in total. The number of carbonyl (C=O) groups excluding carboxylic acids is 1. The number of amides is 1. The SMILES string of the molecule is O=C1[C@@H]2[C@H]3C[C@H]4[C@H](O[C@H]([C@@H]42)N1c1ccccc1)[C@H]3O. The van der Waals surface area contributed by atoms with Gasteiger partial charge in [0.1, 0.15) is 6.23 Å². The predicted molar refractivity (Wildman–Crippen MR) is 67.2 cm³/mol. The molecular weight excluding hydrogens is 242 g/mol. The first kappa shape index (κ1) is 10.4. The first-order chi connectivity index (χ1) is 9.27. The van der Waals surface area contributed by atoms with E-state index in [4.69, 9.17) is 4.74 Å². The Kier molecular flexibility index (Phi) is 1.75. The van der Waals surface area contributed by atoms with Gasteiger partial charge >= 0.3 is 0 Å². The summed E-state index contributed by atoms with van der Waals surface area (Å²) in [5.74, 6) is 0.917. The topological polar surface area (TPSA) is 49.8 Å². The smallest absolute Gasteiger partial charge is 0.233 e. The van der Waals surface area contributed by atoms with Gasteiger partial charge in [-0.3, -0.25) is 9.69 Å². The van der Waals surface area contributed by atoms with Crippen molar-refractivity contribution >= 4 is 11.6 Å². The average Bonchev–Trinajstić information content (AvgIpc) is 3.08. The third-order valence-corrected chi connectivity index (χ3v) is 5.55. The molecule has 2 aliphatic carbocycles. The molecule has 5 rings (SSSR count). The van der Waals surface area contributed by atoms with Crippen LogP contribution in [0.4, 0.5) is 5.69 Å². The number of aliphatic hydroxyl groups excluding tert-OH is 1. The fourth-order valence-corrected chi connectivity index (χ4v) is 4.92. The Morgan fingerprint density at radius 3 is 2.79 bits per heavy atom. The largest absolute Gasteiger partial charge is 0.390 e. The first-order valence-electron chi connectivity index (χ1n) is 6.99. The number of para-hydroxylation sites is 1. The van der Waals surface area contributed by atoms with Crippen LogP contribution in [0.15, 0.2) is 30.3 Å². The molecule has 2 aliphatic heterocycles. The summed E-state index contributed by atoms with van der Waals surface area (Å²) in [4.78, 5) is 14.5. The van der Waals surface area contributed by atoms with E-state index in [1.165, 1.54) is 0 Å². The molecule has 1 amide bonds. The van der Waals surface area contributed by atoms with Gasteiger partial charge in [0.25, 0.3) is 0 Å². The van der Waals surface area contributed by atoms with Crippen LogP contribution in [0.5, 0.6) is 0 Å². The van der Waals surface area contributed by atoms with Crippen LogP contribution in [-0.2, 0) is 9.53 Å². The van der Waals surface area contributed by atoms with E-state index >= 15 is 0 Å². The van der Waals surface area contributed by atoms with Gasteiger partial charge in [-0.1, -0.05) is 18.2 Å². The minimum absolute atomic E-state index is 0.0241. The van der Waals surface area contributed by atoms with Crippen molar-refractivity contribution in [2.75, 3.05) is 4.90 Å². The van der Waals surface area contributed by atoms with Crippen LogP contribution in [0.25, 0.3) is 0 Å². The lowest BCUT2D eigenvalue weighted by Gasteiger charge is -2.30. The van der Waals surface area contributed by atoms with Crippen LogP contribution in [0.1, 0.15) is 6.42 Å². The van der Waals surface area contributed by atoms with Crippen molar-refractivity contribution in [2.24, 2.45) is 23.7 Å². The van der Waals surface area contributed by atoms with E-state index in [0.29, 0.717) is 11.8 Å². The van der Waals surface area contributed by atoms with Crippen molar-refractivity contribution in [3.63, 3.8) is 0 Å². The van der Waals surface area contributed by atoms with Crippen molar-refractivity contribution in [2.45, 2.75) is 24.9 Å². The summed E-state index contributed by atoms with van der Waals surface area (Å²) in [6, 6.07) is 9.75. The molecule has 2 bridgehead atoms. The van der Waals surface area contributed by atoms with E-state index in [1.54, 1.807) is 0 Å². The Hall–Kier alpha value is -1.39. The predicted octanol–water partition coefficient (Wildman–Crippen LogP) is 1.00. The zero-order valence-corrected chi connectivity index (χ0v) is 10.3. The van der Waals surface area contributed by atoms with Gasteiger partial charge in [0.2, 0.25) is 5.91 Å². The Balaban J connectivity index is 1.62. The molecule has 1 aromatic carbocycles. The van der Waals surface area contributed by atoms with Crippen molar-refractivity contribution < 1.29 is 14.6 Å². The van der Waals surface area contributed by atoms with Crippen LogP contribution in [0.3, 0.4) is 0 Å². The van der Waals surface area contributed by atoms with Gasteiger partial charge < -0.3 is 9.84 Å². The van der Waals surface area contributed by atoms with Gasteiger partial charge in [-0.05, 0) is 30.4 Å². The molecule has 0 unspecified atom stereocenters. The normalized spacial score (nSPS) is 49.4. The minimum atomic E-state index is -0.432. The monoisotopic (exact) mass is 257 g/mol. The molecule has 2 saturated carbocycles. The van der Waals surface area contributed by atoms with Gasteiger partial charge in [-0.2, -0.15) is 0 Å². The van der Waals surface area contributed by atoms with E-state index in [2.05, 4.69) is 0 Å². The second-order valence-corrected chi connectivity index (χ2v) is 6.19. The molecule has 0 aromatic heterocycles. The molecule has 0 spiro atoms. The number of anilines is 1. The van der Waals surface area contributed by atoms with E-state index in [0.717, 1.165) is 12.1 Å². The second-order valence-electron chi connectivity index (χ2n) is 6.19. The molecule has 2 saturated heterocycles. The number of ether oxygens (including phenoxy) is 1. The Bertz CT molecular complexity index is 560. The number of benzene rings is 1. The quantitative estimate of drug-likeness (QED) is 0.816. The van der Waals surface area contributed by atoms with Gasteiger partial charge in [0.15, 0.2) is 0 Å². The third kappa shape index (κ3) is 1.03. The Labute approximate surface area is 111 Å². The lowest BCUT2D eigenvalue weighted by Crippen LogP contribution is -2.43. The summed E-state index contributed by atoms with van der Waals surface area (Å²) in [7, 11) is 0. The van der Waals surface area contributed by atoms with Crippen molar-refractivity contribution in [1.29, 1.82) is 0 Å². The standard InChI is InChI=1S/C15H15NO3/c17-12-8-6-9-11-10(8)14(18)16(15(11)19-13(9)12)7-4-2-1-3-5-7/h1-5,8-13,15,17H,6H2/t8-,9-,10-,11+,12+,13+,15-/m1/s1. The van der Waals surface area contributed by atoms with Crippen LogP contribution < -0.4 is 4.90 Å². The molecule has 7 atom stereocenters. The van der Waals surface area contributed by atoms with Crippen LogP contribution in [-0.4, -0.2) is 29.4 Å². The summed E-state index contributed by atoms with van der Waals surface area (Å²) >= 11 is 0. The highest BCUT2D eigenvalue weighted by Crippen LogP contribution is 2.63. The number of hydrogen-bond donors (Lipinski definition) is 1. The molecule has 98 valence electrons. The van der Waals surface area contributed by atoms with E-state index in [-0.39, 0.29) is 30.1 Å². The third-order valence-electron chi connectivity index (χ3n) is 5.55. The van der Waals surface area contributed by atoms with Gasteiger partial charge in [-0.25, -0.2) is 0 Å². The maximum Gasteiger partial charge on any atom is 0.233 e. The number of nitrogens with zero attached hydrogens (tertiary/aromatic N) is 1. The number of fused-ring (bicyclic) bond motifs is 2. The Morgan fingerprint density at radius 1 is 1.21 bits per heavy atom. The van der Waals surface area contributed by atoms with E-state index in [1.807, 2.05) is 35.2 Å². The molecule has 1 aromatic rings. The van der Waals surface area contributed by atoms with Crippen LogP contribution in [0.2, 0.25) is 0 Å². The summed E-state index contributed by atoms with van der Waals surface area (Å²) in [5.41, 5.74) is 0.918. The number of aliphatic hydroxyl groups is 1. The van der Waals surface area contributed by atoms with Crippen LogP contribution in [0, 0.1) is 23.7 Å². The lowest BCUT2D eigenvalue weighted by molar-refractivity contribution is -0.128. The van der Waals surface area contributed by atoms with Crippen molar-refractivity contribution in [1.82, 2.24) is 0 Å². The maximum atomic E-state index is 12.7. The lowest BCUT2D eigenvalue weighted by atomic mass is 9.80. The summed E-state index contributed by atoms with van der Waals surface area (Å²) in [6.07, 6.45) is 0.331. The molecule has 2 heterocycles. The number of hydrogen-bond acceptors (Lipinski definition) is 3. The van der Waals surface area contributed by atoms with Crippen molar-refractivity contribution in [3.8, 4) is 0 Å².